The zero-order valence-corrected chi connectivity index (χ0v) is 22.1. The number of hydrazone groups is 1. The molecule has 37 heavy (non-hydrogen) atoms. The summed E-state index contributed by atoms with van der Waals surface area (Å²) in [5.41, 5.74) is 7.30. The fourth-order valence-corrected chi connectivity index (χ4v) is 5.72. The van der Waals surface area contributed by atoms with Gasteiger partial charge in [0, 0.05) is 18.5 Å². The number of benzene rings is 3. The van der Waals surface area contributed by atoms with Crippen molar-refractivity contribution in [2.45, 2.75) is 51.3 Å². The summed E-state index contributed by atoms with van der Waals surface area (Å²) < 4.78 is 0. The first kappa shape index (κ1) is 25.0. The Hall–Kier alpha value is -3.71. The van der Waals surface area contributed by atoms with E-state index in [1.165, 1.54) is 17.3 Å². The molecule has 188 valence electrons. The minimum absolute atomic E-state index is 0.0583. The number of rotatable bonds is 6. The summed E-state index contributed by atoms with van der Waals surface area (Å²) in [5, 5.41) is 9.71. The quantitative estimate of drug-likeness (QED) is 0.439. The van der Waals surface area contributed by atoms with Crippen molar-refractivity contribution in [1.82, 2.24) is 5.01 Å². The van der Waals surface area contributed by atoms with Crippen molar-refractivity contribution in [2.24, 2.45) is 10.1 Å². The van der Waals surface area contributed by atoms with E-state index >= 15 is 0 Å². The number of carbonyl (C=O) groups is 2. The molecule has 2 aliphatic rings. The first-order valence-corrected chi connectivity index (χ1v) is 13.5. The molecule has 2 amide bonds. The molecule has 1 N–H and O–H groups in total. The largest absolute Gasteiger partial charge is 0.326 e. The van der Waals surface area contributed by atoms with Gasteiger partial charge in [0.2, 0.25) is 5.91 Å². The van der Waals surface area contributed by atoms with Crippen LogP contribution in [-0.2, 0) is 16.0 Å². The van der Waals surface area contributed by atoms with Crippen LogP contribution >= 0.6 is 11.8 Å². The third-order valence-corrected chi connectivity index (χ3v) is 7.88. The maximum Gasteiger partial charge on any atom is 0.262 e. The van der Waals surface area contributed by atoms with Gasteiger partial charge in [-0.1, -0.05) is 91.0 Å². The fourth-order valence-electron chi connectivity index (χ4n) is 4.65. The molecule has 0 saturated heterocycles. The molecule has 0 saturated carbocycles. The Labute approximate surface area is 221 Å². The molecule has 2 aliphatic heterocycles. The van der Waals surface area contributed by atoms with Crippen molar-refractivity contribution in [3.05, 3.63) is 101 Å². The average Bonchev–Trinajstić information content (AvgIpc) is 3.50. The first-order chi connectivity index (χ1) is 17.9. The second-order valence-electron chi connectivity index (χ2n) is 9.48. The Morgan fingerprint density at radius 2 is 1.81 bits per heavy atom. The highest BCUT2D eigenvalue weighted by atomic mass is 32.2. The Bertz CT molecular complexity index is 1380. The van der Waals surface area contributed by atoms with Gasteiger partial charge in [0.05, 0.1) is 11.8 Å². The van der Waals surface area contributed by atoms with E-state index in [1.807, 2.05) is 55.3 Å². The van der Waals surface area contributed by atoms with E-state index in [9.17, 15) is 9.59 Å². The van der Waals surface area contributed by atoms with Crippen LogP contribution in [0.25, 0.3) is 0 Å². The highest BCUT2D eigenvalue weighted by Gasteiger charge is 2.39. The molecule has 0 aromatic heterocycles. The van der Waals surface area contributed by atoms with Gasteiger partial charge >= 0.3 is 0 Å². The van der Waals surface area contributed by atoms with Crippen LogP contribution in [0, 0.1) is 13.8 Å². The molecule has 0 aliphatic carbocycles. The maximum atomic E-state index is 12.9. The summed E-state index contributed by atoms with van der Waals surface area (Å²) in [6.45, 7) is 6.11. The van der Waals surface area contributed by atoms with Gasteiger partial charge in [0.1, 0.15) is 5.25 Å². The number of anilines is 1. The highest BCUT2D eigenvalue weighted by molar-refractivity contribution is 8.15. The number of aryl methyl sites for hydroxylation is 3. The van der Waals surface area contributed by atoms with Gasteiger partial charge in [-0.15, -0.1) is 0 Å². The van der Waals surface area contributed by atoms with Crippen LogP contribution in [0.2, 0.25) is 0 Å². The van der Waals surface area contributed by atoms with E-state index in [4.69, 9.17) is 5.10 Å². The SMILES string of the molecule is CCc1ccc([C@@H]2CC(c3ccccc3)=NN2C2=NC(=O)[C@H](CC(=O)Nc3ccc(C)cc3C)S2)cc1. The molecular weight excluding hydrogens is 480 g/mol. The van der Waals surface area contributed by atoms with Gasteiger partial charge in [0.15, 0.2) is 5.17 Å². The smallest absolute Gasteiger partial charge is 0.262 e. The summed E-state index contributed by atoms with van der Waals surface area (Å²) in [7, 11) is 0. The van der Waals surface area contributed by atoms with Crippen LogP contribution in [0.3, 0.4) is 0 Å². The predicted octanol–water partition coefficient (Wildman–Crippen LogP) is 6.04. The number of nitrogens with one attached hydrogen (secondary N) is 1. The lowest BCUT2D eigenvalue weighted by atomic mass is 9.97. The third kappa shape index (κ3) is 5.52. The van der Waals surface area contributed by atoms with Crippen LogP contribution in [0.4, 0.5) is 5.69 Å². The van der Waals surface area contributed by atoms with Crippen LogP contribution in [0.5, 0.6) is 0 Å². The van der Waals surface area contributed by atoms with Crippen molar-refractivity contribution in [1.29, 1.82) is 0 Å². The highest BCUT2D eigenvalue weighted by Crippen LogP contribution is 2.38. The molecule has 7 heteroatoms. The predicted molar refractivity (Wildman–Crippen MR) is 151 cm³/mol. The molecule has 0 fully saturated rings. The second kappa shape index (κ2) is 10.7. The standard InChI is InChI=1S/C30H30N4O2S/c1-4-21-11-13-23(14-12-21)26-17-25(22-8-6-5-7-9-22)33-34(26)30-32-29(36)27(37-30)18-28(35)31-24-15-10-19(2)16-20(24)3/h5-16,26-27H,4,17-18H2,1-3H3,(H,31,35)/t26-,27-/m0/s1. The van der Waals surface area contributed by atoms with Gasteiger partial charge in [-0.3, -0.25) is 9.59 Å². The Balaban J connectivity index is 1.34. The summed E-state index contributed by atoms with van der Waals surface area (Å²) in [6.07, 6.45) is 1.74. The lowest BCUT2D eigenvalue weighted by Crippen LogP contribution is -2.25. The van der Waals surface area contributed by atoms with E-state index in [2.05, 4.69) is 53.6 Å². The van der Waals surface area contributed by atoms with Crippen molar-refractivity contribution in [3.63, 3.8) is 0 Å². The number of nitrogens with zero attached hydrogens (tertiary/aromatic N) is 3. The van der Waals surface area contributed by atoms with Crippen LogP contribution in [0.15, 0.2) is 82.9 Å². The lowest BCUT2D eigenvalue weighted by molar-refractivity contribution is -0.121. The molecule has 3 aromatic carbocycles. The number of hydrogen-bond donors (Lipinski definition) is 1. The number of thioether (sulfide) groups is 1. The minimum Gasteiger partial charge on any atom is -0.326 e. The summed E-state index contributed by atoms with van der Waals surface area (Å²) >= 11 is 1.32. The second-order valence-corrected chi connectivity index (χ2v) is 10.7. The van der Waals surface area contributed by atoms with Crippen LogP contribution in [-0.4, -0.2) is 33.0 Å². The zero-order chi connectivity index (χ0) is 25.9. The average molecular weight is 511 g/mol. The third-order valence-electron chi connectivity index (χ3n) is 6.74. The Morgan fingerprint density at radius 3 is 2.51 bits per heavy atom. The van der Waals surface area contributed by atoms with Gasteiger partial charge in [-0.2, -0.15) is 10.1 Å². The van der Waals surface area contributed by atoms with Gasteiger partial charge in [0.25, 0.3) is 5.91 Å². The maximum absolute atomic E-state index is 12.9. The molecule has 0 bridgehead atoms. The molecule has 6 nitrogen and oxygen atoms in total. The van der Waals surface area contributed by atoms with Gasteiger partial charge in [-0.05, 0) is 48.6 Å². The van der Waals surface area contributed by atoms with Crippen LogP contribution < -0.4 is 5.32 Å². The Morgan fingerprint density at radius 1 is 1.05 bits per heavy atom. The molecule has 2 atom stereocenters. The van der Waals surface area contributed by atoms with E-state index in [-0.39, 0.29) is 24.3 Å². The zero-order valence-electron chi connectivity index (χ0n) is 21.3. The van der Waals surface area contributed by atoms with Crippen molar-refractivity contribution >= 4 is 40.1 Å². The van der Waals surface area contributed by atoms with Crippen LogP contribution in [0.1, 0.15) is 53.6 Å². The molecule has 5 rings (SSSR count). The number of hydrogen-bond acceptors (Lipinski definition) is 5. The van der Waals surface area contributed by atoms with Crippen molar-refractivity contribution < 1.29 is 9.59 Å². The summed E-state index contributed by atoms with van der Waals surface area (Å²) in [6, 6.07) is 24.5. The molecule has 0 unspecified atom stereocenters. The molecule has 0 radical (unpaired) electrons. The van der Waals surface area contributed by atoms with E-state index in [1.54, 1.807) is 0 Å². The Kier molecular flexibility index (Phi) is 7.24. The minimum atomic E-state index is -0.570. The van der Waals surface area contributed by atoms with Gasteiger partial charge < -0.3 is 5.32 Å². The fraction of sp³-hybridized carbons (Fsp3) is 0.267. The molecule has 2 heterocycles. The number of carbonyl (C=O) groups excluding carboxylic acids is 2. The summed E-state index contributed by atoms with van der Waals surface area (Å²) in [5.74, 6) is -0.491. The van der Waals surface area contributed by atoms with Gasteiger partial charge in [-0.25, -0.2) is 5.01 Å². The summed E-state index contributed by atoms with van der Waals surface area (Å²) in [4.78, 5) is 30.0. The molecule has 0 spiro atoms. The van der Waals surface area contributed by atoms with Crippen molar-refractivity contribution in [3.8, 4) is 0 Å². The number of aliphatic imine (C=N–C) groups is 1. The normalized spacial score (nSPS) is 19.1. The van der Waals surface area contributed by atoms with E-state index in [0.717, 1.165) is 40.1 Å². The van der Waals surface area contributed by atoms with E-state index in [0.29, 0.717) is 11.6 Å². The van der Waals surface area contributed by atoms with Crippen molar-refractivity contribution in [2.75, 3.05) is 5.32 Å². The molecule has 3 aromatic rings. The lowest BCUT2D eigenvalue weighted by Gasteiger charge is -2.23. The van der Waals surface area contributed by atoms with E-state index < -0.39 is 5.25 Å². The molecular formula is C30H30N4O2S. The first-order valence-electron chi connectivity index (χ1n) is 12.6. The number of amidine groups is 1. The topological polar surface area (TPSA) is 74.1 Å². The monoisotopic (exact) mass is 510 g/mol. The number of amides is 2.